The molecule has 2 aliphatic carbocycles. The number of hydrogen-bond donors (Lipinski definition) is 1. The Morgan fingerprint density at radius 3 is 2.70 bits per heavy atom. The molecule has 3 fully saturated rings. The molecular formula is C17H23N3O2S. The highest BCUT2D eigenvalue weighted by Crippen LogP contribution is 2.42. The third-order valence-corrected chi connectivity index (χ3v) is 6.00. The number of aromatic nitrogens is 1. The summed E-state index contributed by atoms with van der Waals surface area (Å²) in [5, 5.41) is 6.21. The summed E-state index contributed by atoms with van der Waals surface area (Å²) in [5.41, 5.74) is 0. The Morgan fingerprint density at radius 2 is 2.04 bits per heavy atom. The normalized spacial score (nSPS) is 25.9. The maximum atomic E-state index is 12.7. The first-order valence-corrected chi connectivity index (χ1v) is 9.59. The first kappa shape index (κ1) is 15.1. The van der Waals surface area contributed by atoms with Crippen molar-refractivity contribution in [3.63, 3.8) is 0 Å². The standard InChI is InChI=1S/C17H23N3O2S/c21-15(19-14(11-3-4-11)16-18-7-9-23-16)13-2-1-8-20(10-13)17(22)12-5-6-12/h7,9,11-14H,1-6,8,10H2,(H,19,21)/t13-,14+/m0/s1. The van der Waals surface area contributed by atoms with Crippen LogP contribution in [0.3, 0.4) is 0 Å². The Labute approximate surface area is 140 Å². The summed E-state index contributed by atoms with van der Waals surface area (Å²) in [7, 11) is 0. The molecule has 2 saturated carbocycles. The molecule has 1 saturated heterocycles. The molecule has 4 rings (SSSR count). The number of amides is 2. The van der Waals surface area contributed by atoms with Crippen molar-refractivity contribution in [3.8, 4) is 0 Å². The molecule has 0 spiro atoms. The molecule has 0 bridgehead atoms. The SMILES string of the molecule is O=C(N[C@@H](c1nccs1)C1CC1)[C@H]1CCCN(C(=O)C2CC2)C1. The Hall–Kier alpha value is -1.43. The summed E-state index contributed by atoms with van der Waals surface area (Å²) < 4.78 is 0. The predicted octanol–water partition coefficient (Wildman–Crippen LogP) is 2.36. The van der Waals surface area contributed by atoms with Crippen LogP contribution in [0.5, 0.6) is 0 Å². The minimum Gasteiger partial charge on any atom is -0.346 e. The van der Waals surface area contributed by atoms with Crippen LogP contribution < -0.4 is 5.32 Å². The van der Waals surface area contributed by atoms with Gasteiger partial charge in [-0.1, -0.05) is 0 Å². The first-order chi connectivity index (χ1) is 11.2. The van der Waals surface area contributed by atoms with Crippen molar-refractivity contribution in [2.45, 2.75) is 44.6 Å². The molecule has 2 amide bonds. The maximum absolute atomic E-state index is 12.7. The van der Waals surface area contributed by atoms with Crippen LogP contribution in [0.15, 0.2) is 11.6 Å². The minimum absolute atomic E-state index is 0.0623. The number of nitrogens with zero attached hydrogens (tertiary/aromatic N) is 2. The van der Waals surface area contributed by atoms with Gasteiger partial charge in [-0.25, -0.2) is 4.98 Å². The van der Waals surface area contributed by atoms with Gasteiger partial charge in [-0.2, -0.15) is 0 Å². The minimum atomic E-state index is -0.0623. The van der Waals surface area contributed by atoms with Gasteiger partial charge in [0.25, 0.3) is 0 Å². The molecule has 2 atom stereocenters. The lowest BCUT2D eigenvalue weighted by atomic mass is 9.96. The molecule has 23 heavy (non-hydrogen) atoms. The van der Waals surface area contributed by atoms with Gasteiger partial charge in [0.15, 0.2) is 0 Å². The molecule has 0 radical (unpaired) electrons. The van der Waals surface area contributed by atoms with Gasteiger partial charge in [-0.15, -0.1) is 11.3 Å². The first-order valence-electron chi connectivity index (χ1n) is 8.71. The fraction of sp³-hybridized carbons (Fsp3) is 0.706. The molecule has 0 unspecified atom stereocenters. The van der Waals surface area contributed by atoms with E-state index in [1.807, 2.05) is 10.3 Å². The number of rotatable bonds is 5. The number of hydrogen-bond acceptors (Lipinski definition) is 4. The maximum Gasteiger partial charge on any atom is 0.225 e. The van der Waals surface area contributed by atoms with Crippen LogP contribution in [-0.4, -0.2) is 34.8 Å². The second-order valence-electron chi connectivity index (χ2n) is 7.09. The van der Waals surface area contributed by atoms with Crippen LogP contribution in [0.1, 0.15) is 49.6 Å². The quantitative estimate of drug-likeness (QED) is 0.900. The van der Waals surface area contributed by atoms with Crippen molar-refractivity contribution < 1.29 is 9.59 Å². The smallest absolute Gasteiger partial charge is 0.225 e. The molecule has 1 aromatic rings. The van der Waals surface area contributed by atoms with Gasteiger partial charge in [0, 0.05) is 30.6 Å². The summed E-state index contributed by atoms with van der Waals surface area (Å²) in [6.07, 6.45) is 8.01. The predicted molar refractivity (Wildman–Crippen MR) is 87.7 cm³/mol. The van der Waals surface area contributed by atoms with Crippen molar-refractivity contribution in [3.05, 3.63) is 16.6 Å². The number of likely N-dealkylation sites (tertiary alicyclic amines) is 1. The highest BCUT2D eigenvalue weighted by molar-refractivity contribution is 7.09. The largest absolute Gasteiger partial charge is 0.346 e. The fourth-order valence-electron chi connectivity index (χ4n) is 3.45. The lowest BCUT2D eigenvalue weighted by Crippen LogP contribution is -2.46. The zero-order valence-electron chi connectivity index (χ0n) is 13.2. The summed E-state index contributed by atoms with van der Waals surface area (Å²) in [6.45, 7) is 1.41. The van der Waals surface area contributed by atoms with E-state index in [1.165, 1.54) is 12.8 Å². The van der Waals surface area contributed by atoms with Crippen LogP contribution >= 0.6 is 11.3 Å². The number of carbonyl (C=O) groups is 2. The van der Waals surface area contributed by atoms with Crippen molar-refractivity contribution in [2.24, 2.45) is 17.8 Å². The van der Waals surface area contributed by atoms with Gasteiger partial charge >= 0.3 is 0 Å². The molecule has 3 aliphatic rings. The monoisotopic (exact) mass is 333 g/mol. The molecule has 1 N–H and O–H groups in total. The van der Waals surface area contributed by atoms with Gasteiger partial charge in [0.1, 0.15) is 5.01 Å². The van der Waals surface area contributed by atoms with Crippen molar-refractivity contribution in [1.29, 1.82) is 0 Å². The average Bonchev–Trinajstić information content (AvgIpc) is 3.50. The highest BCUT2D eigenvalue weighted by Gasteiger charge is 2.39. The number of thiazole rings is 1. The Balaban J connectivity index is 1.38. The van der Waals surface area contributed by atoms with Crippen molar-refractivity contribution in [1.82, 2.24) is 15.2 Å². The van der Waals surface area contributed by atoms with E-state index < -0.39 is 0 Å². The summed E-state index contributed by atoms with van der Waals surface area (Å²) in [6, 6.07) is 0.0667. The van der Waals surface area contributed by atoms with Crippen LogP contribution in [0.2, 0.25) is 0 Å². The zero-order valence-corrected chi connectivity index (χ0v) is 14.1. The third-order valence-electron chi connectivity index (χ3n) is 5.14. The van der Waals surface area contributed by atoms with E-state index in [0.717, 1.165) is 37.2 Å². The fourth-order valence-corrected chi connectivity index (χ4v) is 4.23. The van der Waals surface area contributed by atoms with Gasteiger partial charge < -0.3 is 10.2 Å². The van der Waals surface area contributed by atoms with Crippen molar-refractivity contribution >= 4 is 23.2 Å². The number of piperidine rings is 1. The Kier molecular flexibility index (Phi) is 4.09. The van der Waals surface area contributed by atoms with E-state index in [-0.39, 0.29) is 29.7 Å². The van der Waals surface area contributed by atoms with Gasteiger partial charge in [0.05, 0.1) is 12.0 Å². The van der Waals surface area contributed by atoms with Crippen molar-refractivity contribution in [2.75, 3.05) is 13.1 Å². The zero-order chi connectivity index (χ0) is 15.8. The summed E-state index contributed by atoms with van der Waals surface area (Å²) >= 11 is 1.62. The molecule has 1 aliphatic heterocycles. The van der Waals surface area contributed by atoms with Crippen LogP contribution in [0, 0.1) is 17.8 Å². The second-order valence-corrected chi connectivity index (χ2v) is 8.02. The average molecular weight is 333 g/mol. The number of carbonyl (C=O) groups excluding carboxylic acids is 2. The van der Waals surface area contributed by atoms with Crippen LogP contribution in [0.4, 0.5) is 0 Å². The molecule has 6 heteroatoms. The molecule has 1 aromatic heterocycles. The second kappa shape index (κ2) is 6.23. The molecule has 0 aromatic carbocycles. The highest BCUT2D eigenvalue weighted by atomic mass is 32.1. The van der Waals surface area contributed by atoms with Crippen LogP contribution in [-0.2, 0) is 9.59 Å². The van der Waals surface area contributed by atoms with E-state index in [1.54, 1.807) is 17.5 Å². The van der Waals surface area contributed by atoms with Gasteiger partial charge in [0.2, 0.25) is 11.8 Å². The Morgan fingerprint density at radius 1 is 1.22 bits per heavy atom. The Bertz CT molecular complexity index is 581. The topological polar surface area (TPSA) is 62.3 Å². The van der Waals surface area contributed by atoms with Crippen LogP contribution in [0.25, 0.3) is 0 Å². The molecular weight excluding hydrogens is 310 g/mol. The lowest BCUT2D eigenvalue weighted by molar-refractivity contribution is -0.137. The molecule has 124 valence electrons. The lowest BCUT2D eigenvalue weighted by Gasteiger charge is -2.33. The van der Waals surface area contributed by atoms with E-state index in [2.05, 4.69) is 10.3 Å². The number of nitrogens with one attached hydrogen (secondary N) is 1. The van der Waals surface area contributed by atoms with Gasteiger partial charge in [-0.05, 0) is 44.4 Å². The van der Waals surface area contributed by atoms with E-state index >= 15 is 0 Å². The molecule has 2 heterocycles. The summed E-state index contributed by atoms with van der Waals surface area (Å²) in [5.74, 6) is 1.09. The molecule has 5 nitrogen and oxygen atoms in total. The summed E-state index contributed by atoms with van der Waals surface area (Å²) in [4.78, 5) is 31.3. The van der Waals surface area contributed by atoms with E-state index in [9.17, 15) is 9.59 Å². The van der Waals surface area contributed by atoms with E-state index in [4.69, 9.17) is 0 Å². The van der Waals surface area contributed by atoms with Gasteiger partial charge in [-0.3, -0.25) is 9.59 Å². The van der Waals surface area contributed by atoms with E-state index in [0.29, 0.717) is 12.5 Å². The third kappa shape index (κ3) is 3.42.